The number of nitrogens with zero attached hydrogens (tertiary/aromatic N) is 1. The van der Waals surface area contributed by atoms with Crippen LogP contribution in [0.4, 0.5) is 0 Å². The molecular weight excluding hydrogens is 312 g/mol. The molecule has 3 atom stereocenters. The molecule has 0 heterocycles. The highest BCUT2D eigenvalue weighted by molar-refractivity contribution is 7.90. The van der Waals surface area contributed by atoms with Gasteiger partial charge in [0.15, 0.2) is 0 Å². The van der Waals surface area contributed by atoms with Crippen LogP contribution in [0.25, 0.3) is 0 Å². The van der Waals surface area contributed by atoms with Gasteiger partial charge in [-0.1, -0.05) is 6.42 Å². The van der Waals surface area contributed by atoms with Gasteiger partial charge in [0, 0.05) is 30.3 Å². The van der Waals surface area contributed by atoms with Gasteiger partial charge in [0.25, 0.3) is 0 Å². The van der Waals surface area contributed by atoms with E-state index < -0.39 is 9.84 Å². The van der Waals surface area contributed by atoms with Crippen LogP contribution in [0.2, 0.25) is 0 Å². The summed E-state index contributed by atoms with van der Waals surface area (Å²) in [5.74, 6) is 0.161. The smallest absolute Gasteiger partial charge is 0.226 e. The SMILES string of the molecule is CC(CS(C)(=O)=O)N(C(=O)C1CCCC(N)C1)C1CC1.Cl. The highest BCUT2D eigenvalue weighted by atomic mass is 35.5. The standard InChI is InChI=1S/C14H26N2O3S.ClH/c1-10(9-20(2,18)19)16(13-6-7-13)14(17)11-4-3-5-12(15)8-11;/h10-13H,3-9,15H2,1-2H3;1H. The number of hydrogen-bond donors (Lipinski definition) is 1. The number of rotatable bonds is 5. The zero-order valence-electron chi connectivity index (χ0n) is 12.8. The van der Waals surface area contributed by atoms with E-state index in [0.29, 0.717) is 0 Å². The van der Waals surface area contributed by atoms with Crippen molar-refractivity contribution in [2.75, 3.05) is 12.0 Å². The molecular formula is C14H27ClN2O3S. The third kappa shape index (κ3) is 5.42. The lowest BCUT2D eigenvalue weighted by Gasteiger charge is -2.35. The van der Waals surface area contributed by atoms with Crippen LogP contribution in [0.3, 0.4) is 0 Å². The Kier molecular flexibility index (Phi) is 6.50. The first-order chi connectivity index (χ1) is 9.28. The van der Waals surface area contributed by atoms with E-state index in [1.165, 1.54) is 6.26 Å². The molecule has 2 fully saturated rings. The Morgan fingerprint density at radius 3 is 2.38 bits per heavy atom. The Labute approximate surface area is 134 Å². The summed E-state index contributed by atoms with van der Waals surface area (Å²) in [6.07, 6.45) is 6.85. The summed E-state index contributed by atoms with van der Waals surface area (Å²) in [6.45, 7) is 1.85. The Morgan fingerprint density at radius 1 is 1.29 bits per heavy atom. The quantitative estimate of drug-likeness (QED) is 0.820. The van der Waals surface area contributed by atoms with Gasteiger partial charge in [-0.15, -0.1) is 12.4 Å². The lowest BCUT2D eigenvalue weighted by atomic mass is 9.85. The minimum Gasteiger partial charge on any atom is -0.336 e. The van der Waals surface area contributed by atoms with Crippen LogP contribution in [-0.4, -0.2) is 49.4 Å². The Morgan fingerprint density at radius 2 is 1.90 bits per heavy atom. The fraction of sp³-hybridized carbons (Fsp3) is 0.929. The van der Waals surface area contributed by atoms with Crippen LogP contribution in [-0.2, 0) is 14.6 Å². The first kappa shape index (κ1) is 18.7. The molecule has 2 rings (SSSR count). The second-order valence-electron chi connectivity index (χ2n) is 6.54. The predicted molar refractivity (Wildman–Crippen MR) is 86.2 cm³/mol. The zero-order valence-corrected chi connectivity index (χ0v) is 14.5. The van der Waals surface area contributed by atoms with E-state index in [1.807, 2.05) is 11.8 Å². The Bertz CT molecular complexity index is 465. The first-order valence-electron chi connectivity index (χ1n) is 7.53. The molecule has 21 heavy (non-hydrogen) atoms. The third-order valence-electron chi connectivity index (χ3n) is 4.28. The number of carbonyl (C=O) groups excluding carboxylic acids is 1. The monoisotopic (exact) mass is 338 g/mol. The molecule has 0 aromatic rings. The normalized spacial score (nSPS) is 27.6. The van der Waals surface area contributed by atoms with Crippen molar-refractivity contribution in [1.29, 1.82) is 0 Å². The lowest BCUT2D eigenvalue weighted by Crippen LogP contribution is -2.48. The van der Waals surface area contributed by atoms with Gasteiger partial charge in [0.1, 0.15) is 9.84 Å². The Hall–Kier alpha value is -0.330. The number of hydrogen-bond acceptors (Lipinski definition) is 4. The molecule has 5 nitrogen and oxygen atoms in total. The average Bonchev–Trinajstić information content (AvgIpc) is 3.11. The summed E-state index contributed by atoms with van der Waals surface area (Å²) in [6, 6.07) is 0.129. The van der Waals surface area contributed by atoms with Crippen molar-refractivity contribution in [2.24, 2.45) is 11.7 Å². The molecule has 124 valence electrons. The number of halogens is 1. The molecule has 2 aliphatic carbocycles. The molecule has 0 spiro atoms. The van der Waals surface area contributed by atoms with Crippen LogP contribution in [0.15, 0.2) is 0 Å². The maximum Gasteiger partial charge on any atom is 0.226 e. The number of sulfone groups is 1. The van der Waals surface area contributed by atoms with Gasteiger partial charge in [-0.05, 0) is 39.0 Å². The van der Waals surface area contributed by atoms with Crippen LogP contribution in [0.5, 0.6) is 0 Å². The summed E-state index contributed by atoms with van der Waals surface area (Å²) in [5.41, 5.74) is 5.97. The van der Waals surface area contributed by atoms with Crippen molar-refractivity contribution in [3.8, 4) is 0 Å². The van der Waals surface area contributed by atoms with Gasteiger partial charge in [0.2, 0.25) is 5.91 Å². The topological polar surface area (TPSA) is 80.5 Å². The van der Waals surface area contributed by atoms with Crippen LogP contribution in [0, 0.1) is 5.92 Å². The lowest BCUT2D eigenvalue weighted by molar-refractivity contribution is -0.139. The van der Waals surface area contributed by atoms with Crippen molar-refractivity contribution >= 4 is 28.2 Å². The molecule has 0 radical (unpaired) electrons. The molecule has 2 saturated carbocycles. The number of carbonyl (C=O) groups is 1. The predicted octanol–water partition coefficient (Wildman–Crippen LogP) is 1.35. The van der Waals surface area contributed by atoms with Crippen molar-refractivity contribution < 1.29 is 13.2 Å². The van der Waals surface area contributed by atoms with E-state index in [9.17, 15) is 13.2 Å². The van der Waals surface area contributed by atoms with Crippen molar-refractivity contribution in [3.63, 3.8) is 0 Å². The Balaban J connectivity index is 0.00000220. The molecule has 0 saturated heterocycles. The summed E-state index contributed by atoms with van der Waals surface area (Å²) >= 11 is 0. The molecule has 2 aliphatic rings. The number of nitrogens with two attached hydrogens (primary N) is 1. The maximum absolute atomic E-state index is 12.7. The zero-order chi connectivity index (χ0) is 14.9. The van der Waals surface area contributed by atoms with Crippen LogP contribution >= 0.6 is 12.4 Å². The van der Waals surface area contributed by atoms with Gasteiger partial charge in [-0.3, -0.25) is 4.79 Å². The molecule has 3 unspecified atom stereocenters. The van der Waals surface area contributed by atoms with Gasteiger partial charge in [0.05, 0.1) is 5.75 Å². The van der Waals surface area contributed by atoms with E-state index >= 15 is 0 Å². The summed E-state index contributed by atoms with van der Waals surface area (Å²) in [5, 5.41) is 0. The van der Waals surface area contributed by atoms with Crippen molar-refractivity contribution in [3.05, 3.63) is 0 Å². The van der Waals surface area contributed by atoms with Crippen LogP contribution in [0.1, 0.15) is 45.4 Å². The second kappa shape index (κ2) is 7.29. The highest BCUT2D eigenvalue weighted by Gasteiger charge is 2.40. The summed E-state index contributed by atoms with van der Waals surface area (Å²) < 4.78 is 23.0. The average molecular weight is 339 g/mol. The van der Waals surface area contributed by atoms with Crippen molar-refractivity contribution in [2.45, 2.75) is 63.6 Å². The summed E-state index contributed by atoms with van der Waals surface area (Å²) in [4.78, 5) is 14.6. The van der Waals surface area contributed by atoms with Crippen molar-refractivity contribution in [1.82, 2.24) is 4.90 Å². The van der Waals surface area contributed by atoms with E-state index in [0.717, 1.165) is 38.5 Å². The van der Waals surface area contributed by atoms with E-state index in [4.69, 9.17) is 5.73 Å². The van der Waals surface area contributed by atoms with Gasteiger partial charge < -0.3 is 10.6 Å². The van der Waals surface area contributed by atoms with Gasteiger partial charge >= 0.3 is 0 Å². The number of amides is 1. The van der Waals surface area contributed by atoms with E-state index in [-0.39, 0.29) is 48.1 Å². The molecule has 1 amide bonds. The molecule has 0 aromatic carbocycles. The molecule has 0 aliphatic heterocycles. The third-order valence-corrected chi connectivity index (χ3v) is 5.37. The second-order valence-corrected chi connectivity index (χ2v) is 8.73. The molecule has 2 N–H and O–H groups in total. The van der Waals surface area contributed by atoms with E-state index in [2.05, 4.69) is 0 Å². The fourth-order valence-corrected chi connectivity index (χ4v) is 4.33. The largest absolute Gasteiger partial charge is 0.336 e. The first-order valence-corrected chi connectivity index (χ1v) is 9.59. The van der Waals surface area contributed by atoms with E-state index in [1.54, 1.807) is 0 Å². The summed E-state index contributed by atoms with van der Waals surface area (Å²) in [7, 11) is -3.07. The highest BCUT2D eigenvalue weighted by Crippen LogP contribution is 2.33. The fourth-order valence-electron chi connectivity index (χ4n) is 3.29. The molecule has 7 heteroatoms. The minimum atomic E-state index is -3.07. The van der Waals surface area contributed by atoms with Gasteiger partial charge in [-0.2, -0.15) is 0 Å². The maximum atomic E-state index is 12.7. The van der Waals surface area contributed by atoms with Crippen LogP contribution < -0.4 is 5.73 Å². The van der Waals surface area contributed by atoms with Gasteiger partial charge in [-0.25, -0.2) is 8.42 Å². The minimum absolute atomic E-state index is 0. The molecule has 0 aromatic heterocycles. The molecule has 0 bridgehead atoms.